The van der Waals surface area contributed by atoms with Crippen LogP contribution in [-0.2, 0) is 29.1 Å². The number of rotatable bonds is 4. The van der Waals surface area contributed by atoms with Gasteiger partial charge >= 0.3 is 5.97 Å². The summed E-state index contributed by atoms with van der Waals surface area (Å²) in [4.78, 5) is 31.1. The number of pyridine rings is 2. The zero-order valence-corrected chi connectivity index (χ0v) is 19.4. The van der Waals surface area contributed by atoms with Gasteiger partial charge in [-0.25, -0.2) is 4.98 Å². The summed E-state index contributed by atoms with van der Waals surface area (Å²) in [5.74, 6) is 0.220. The predicted octanol–water partition coefficient (Wildman–Crippen LogP) is 3.66. The molecule has 3 aliphatic heterocycles. The molecule has 2 N–H and O–H groups in total. The highest BCUT2D eigenvalue weighted by atomic mass is 16.5. The molecule has 6 rings (SSSR count). The number of carbonyl (C=O) groups is 1. The smallest absolute Gasteiger partial charge is 0.313 e. The summed E-state index contributed by atoms with van der Waals surface area (Å²) in [7, 11) is 0. The Morgan fingerprint density at radius 3 is 2.85 bits per heavy atom. The molecule has 0 aliphatic carbocycles. The standard InChI is InChI=1S/C27H27N3O4/c1-3-14(5-7-28)24-18-11-23-15(6-8-33-23)9-21(18)29-25-19(24)12-30-22(25)10-17-16(4-2)27(32)34-13-20(17)26(30)31/h3,9-11,16H,4-8,12-13,28H2,1-2H3/b14-3+. The number of carbonyl (C=O) groups excluding carboxylic acids is 1. The molecule has 0 spiro atoms. The van der Waals surface area contributed by atoms with Gasteiger partial charge < -0.3 is 19.8 Å². The monoisotopic (exact) mass is 457 g/mol. The minimum absolute atomic E-state index is 0.0275. The van der Waals surface area contributed by atoms with Crippen molar-refractivity contribution in [1.82, 2.24) is 9.55 Å². The van der Waals surface area contributed by atoms with E-state index < -0.39 is 5.92 Å². The van der Waals surface area contributed by atoms with Gasteiger partial charge in [-0.2, -0.15) is 0 Å². The van der Waals surface area contributed by atoms with E-state index in [-0.39, 0.29) is 18.1 Å². The summed E-state index contributed by atoms with van der Waals surface area (Å²) in [5.41, 5.74) is 14.1. The van der Waals surface area contributed by atoms with Gasteiger partial charge in [0.05, 0.1) is 41.5 Å². The first-order valence-electron chi connectivity index (χ1n) is 12.0. The van der Waals surface area contributed by atoms with E-state index in [9.17, 15) is 9.59 Å². The van der Waals surface area contributed by atoms with Gasteiger partial charge in [-0.15, -0.1) is 0 Å². The lowest BCUT2D eigenvalue weighted by Crippen LogP contribution is -2.32. The van der Waals surface area contributed by atoms with Crippen LogP contribution < -0.4 is 16.0 Å². The Morgan fingerprint density at radius 1 is 1.24 bits per heavy atom. The summed E-state index contributed by atoms with van der Waals surface area (Å²) >= 11 is 0. The number of hydrogen-bond donors (Lipinski definition) is 1. The molecular weight excluding hydrogens is 430 g/mol. The van der Waals surface area contributed by atoms with Gasteiger partial charge in [-0.1, -0.05) is 13.0 Å². The van der Waals surface area contributed by atoms with E-state index in [1.54, 1.807) is 4.57 Å². The summed E-state index contributed by atoms with van der Waals surface area (Å²) in [5, 5.41) is 1.02. The summed E-state index contributed by atoms with van der Waals surface area (Å²) in [6.45, 7) is 5.63. The Morgan fingerprint density at radius 2 is 2.09 bits per heavy atom. The van der Waals surface area contributed by atoms with Crippen molar-refractivity contribution in [3.63, 3.8) is 0 Å². The van der Waals surface area contributed by atoms with E-state index in [1.807, 2.05) is 19.9 Å². The first kappa shape index (κ1) is 21.1. The lowest BCUT2D eigenvalue weighted by molar-refractivity contribution is -0.148. The van der Waals surface area contributed by atoms with Crippen LogP contribution in [-0.4, -0.2) is 28.7 Å². The average molecular weight is 458 g/mol. The van der Waals surface area contributed by atoms with E-state index >= 15 is 0 Å². The van der Waals surface area contributed by atoms with Crippen LogP contribution in [0.1, 0.15) is 60.4 Å². The predicted molar refractivity (Wildman–Crippen MR) is 130 cm³/mol. The third-order valence-corrected chi connectivity index (χ3v) is 7.40. The molecule has 2 aromatic heterocycles. The van der Waals surface area contributed by atoms with Crippen molar-refractivity contribution in [2.75, 3.05) is 13.2 Å². The third-order valence-electron chi connectivity index (χ3n) is 7.40. The van der Waals surface area contributed by atoms with Crippen LogP contribution in [0.3, 0.4) is 0 Å². The summed E-state index contributed by atoms with van der Waals surface area (Å²) in [6, 6.07) is 6.20. The topological polar surface area (TPSA) is 96.4 Å². The fraction of sp³-hybridized carbons (Fsp3) is 0.370. The van der Waals surface area contributed by atoms with Crippen molar-refractivity contribution >= 4 is 22.4 Å². The molecule has 1 atom stereocenters. The maximum atomic E-state index is 13.6. The van der Waals surface area contributed by atoms with E-state index in [2.05, 4.69) is 18.2 Å². The number of aromatic nitrogens is 2. The molecule has 1 unspecified atom stereocenters. The molecule has 7 heteroatoms. The molecule has 5 heterocycles. The van der Waals surface area contributed by atoms with Crippen LogP contribution >= 0.6 is 0 Å². The Kier molecular flexibility index (Phi) is 4.85. The molecule has 34 heavy (non-hydrogen) atoms. The second-order valence-electron chi connectivity index (χ2n) is 9.17. The van der Waals surface area contributed by atoms with Crippen molar-refractivity contribution in [3.8, 4) is 17.1 Å². The molecule has 0 saturated carbocycles. The molecule has 1 aromatic carbocycles. The number of nitrogens with two attached hydrogens (primary N) is 1. The molecule has 3 aromatic rings. The highest BCUT2D eigenvalue weighted by Crippen LogP contribution is 2.43. The van der Waals surface area contributed by atoms with Gasteiger partial charge in [0.25, 0.3) is 5.56 Å². The molecule has 174 valence electrons. The fourth-order valence-corrected chi connectivity index (χ4v) is 5.71. The molecule has 0 saturated heterocycles. The molecular formula is C27H27N3O4. The van der Waals surface area contributed by atoms with Crippen LogP contribution in [0.4, 0.5) is 0 Å². The highest BCUT2D eigenvalue weighted by molar-refractivity contribution is 5.98. The molecule has 0 bridgehead atoms. The van der Waals surface area contributed by atoms with E-state index in [0.717, 1.165) is 68.7 Å². The normalized spacial score (nSPS) is 18.3. The lowest BCUT2D eigenvalue weighted by Gasteiger charge is -2.24. The number of benzene rings is 1. The third kappa shape index (κ3) is 2.89. The minimum atomic E-state index is -0.421. The van der Waals surface area contributed by atoms with Crippen LogP contribution in [0, 0.1) is 0 Å². The molecule has 0 fully saturated rings. The van der Waals surface area contributed by atoms with Crippen molar-refractivity contribution in [1.29, 1.82) is 0 Å². The van der Waals surface area contributed by atoms with Gasteiger partial charge in [0.2, 0.25) is 0 Å². The number of esters is 1. The number of allylic oxidation sites excluding steroid dienone is 1. The fourth-order valence-electron chi connectivity index (χ4n) is 5.71. The molecule has 0 radical (unpaired) electrons. The average Bonchev–Trinajstić information content (AvgIpc) is 3.44. The van der Waals surface area contributed by atoms with E-state index in [4.69, 9.17) is 20.2 Å². The largest absolute Gasteiger partial charge is 0.493 e. The van der Waals surface area contributed by atoms with Crippen LogP contribution in [0.25, 0.3) is 27.9 Å². The maximum absolute atomic E-state index is 13.6. The molecule has 0 amide bonds. The number of nitrogens with zero attached hydrogens (tertiary/aromatic N) is 2. The van der Waals surface area contributed by atoms with Crippen LogP contribution in [0.5, 0.6) is 5.75 Å². The Hall–Kier alpha value is -3.45. The van der Waals surface area contributed by atoms with Crippen molar-refractivity contribution in [2.24, 2.45) is 5.73 Å². The molecule has 3 aliphatic rings. The zero-order valence-electron chi connectivity index (χ0n) is 19.4. The Bertz CT molecular complexity index is 1470. The van der Waals surface area contributed by atoms with Crippen LogP contribution in [0.2, 0.25) is 0 Å². The number of fused-ring (bicyclic) bond motifs is 6. The number of ether oxygens (including phenoxy) is 2. The van der Waals surface area contributed by atoms with Gasteiger partial charge in [0.15, 0.2) is 0 Å². The van der Waals surface area contributed by atoms with E-state index in [0.29, 0.717) is 31.7 Å². The van der Waals surface area contributed by atoms with Gasteiger partial charge in [-0.05, 0) is 66.8 Å². The summed E-state index contributed by atoms with van der Waals surface area (Å²) in [6.07, 6.45) is 4.28. The van der Waals surface area contributed by atoms with Gasteiger partial charge in [0.1, 0.15) is 12.4 Å². The number of hydrogen-bond acceptors (Lipinski definition) is 6. The van der Waals surface area contributed by atoms with Crippen molar-refractivity contribution in [2.45, 2.75) is 52.2 Å². The second kappa shape index (κ2) is 7.81. The van der Waals surface area contributed by atoms with Crippen molar-refractivity contribution < 1.29 is 14.3 Å². The number of cyclic esters (lactones) is 1. The zero-order chi connectivity index (χ0) is 23.6. The quantitative estimate of drug-likeness (QED) is 0.470. The lowest BCUT2D eigenvalue weighted by atomic mass is 9.89. The van der Waals surface area contributed by atoms with E-state index in [1.165, 1.54) is 0 Å². The minimum Gasteiger partial charge on any atom is -0.493 e. The van der Waals surface area contributed by atoms with Crippen molar-refractivity contribution in [3.05, 3.63) is 62.4 Å². The molecule has 7 nitrogen and oxygen atoms in total. The summed E-state index contributed by atoms with van der Waals surface area (Å²) < 4.78 is 13.0. The first-order valence-corrected chi connectivity index (χ1v) is 12.0. The van der Waals surface area contributed by atoms with Gasteiger partial charge in [0, 0.05) is 17.4 Å². The van der Waals surface area contributed by atoms with Crippen LogP contribution in [0.15, 0.2) is 29.1 Å². The maximum Gasteiger partial charge on any atom is 0.313 e. The van der Waals surface area contributed by atoms with Gasteiger partial charge in [-0.3, -0.25) is 9.59 Å². The first-order chi connectivity index (χ1) is 16.5. The highest BCUT2D eigenvalue weighted by Gasteiger charge is 2.35. The second-order valence-corrected chi connectivity index (χ2v) is 9.17. The Balaban J connectivity index is 1.66. The Labute approximate surface area is 197 Å². The SMILES string of the molecule is C/C=C(\CCN)c1c2c(nc3cc4c(cc13)OCC4)-c1cc3c(c(=O)n1C2)COC(=O)C3CC.